The van der Waals surface area contributed by atoms with Crippen molar-refractivity contribution in [3.8, 4) is 0 Å². The van der Waals surface area contributed by atoms with Gasteiger partial charge in [0.2, 0.25) is 0 Å². The molecule has 4 aliphatic heterocycles. The van der Waals surface area contributed by atoms with Crippen LogP contribution in [0, 0.1) is 6.92 Å². The molecule has 0 spiro atoms. The van der Waals surface area contributed by atoms with Crippen LogP contribution in [0.25, 0.3) is 23.5 Å². The van der Waals surface area contributed by atoms with Crippen molar-refractivity contribution in [2.24, 2.45) is 15.0 Å². The van der Waals surface area contributed by atoms with Crippen molar-refractivity contribution < 1.29 is 24.2 Å². The summed E-state index contributed by atoms with van der Waals surface area (Å²) >= 11 is 0. The topological polar surface area (TPSA) is 126 Å². The lowest BCUT2D eigenvalue weighted by molar-refractivity contribution is -0.141. The van der Waals surface area contributed by atoms with Gasteiger partial charge in [0.15, 0.2) is 0 Å². The minimum absolute atomic E-state index is 0.216. The SMILES string of the molecule is CCC1=C(C)C2=CC3=NC(=Cc4[nH]c(c(C)c4CCC(=O)OC)C=C4N=C(C(CC)=C4C)C(=c4ccc(=C(C)O)cc4)C1=N2)C(CCC(=O)OC)=C3C. The Balaban J connectivity index is 1.70. The number of aliphatic hydroxyl groups excluding tert-OH is 1. The van der Waals surface area contributed by atoms with Crippen LogP contribution in [0.4, 0.5) is 0 Å². The second kappa shape index (κ2) is 15.2. The van der Waals surface area contributed by atoms with Crippen LogP contribution in [0.1, 0.15) is 96.2 Å². The molecule has 6 rings (SSSR count). The molecule has 9 nitrogen and oxygen atoms in total. The fraction of sp³-hybridized carbons (Fsp3) is 0.341. The second-order valence-corrected chi connectivity index (χ2v) is 13.8. The van der Waals surface area contributed by atoms with E-state index in [9.17, 15) is 14.7 Å². The standard InChI is InChI=1S/C44H48N4O5/c1-10-30-23(3)36-20-34-25(5)32(16-18-40(50)52-8)38(45-34)22-39-33(17-19-41(51)53-9)26(6)35(46-39)21-37-24(4)31(11-2)44(48-37)42(43(30)47-36)29-14-12-28(13-15-29)27(7)49/h12-15,20-22,45,49H,10-11,16-19H2,1-9H3. The number of fused-ring (bicyclic) bond motifs is 5. The number of hydrogen-bond acceptors (Lipinski definition) is 8. The van der Waals surface area contributed by atoms with Crippen LogP contribution in [0.5, 0.6) is 0 Å². The van der Waals surface area contributed by atoms with Gasteiger partial charge in [0.05, 0.1) is 54.2 Å². The van der Waals surface area contributed by atoms with Crippen LogP contribution < -0.4 is 10.4 Å². The lowest BCUT2D eigenvalue weighted by Crippen LogP contribution is -2.23. The number of H-pyrrole nitrogens is 1. The maximum Gasteiger partial charge on any atom is 0.305 e. The molecule has 0 atom stereocenters. The summed E-state index contributed by atoms with van der Waals surface area (Å²) in [6.07, 6.45) is 9.09. The Morgan fingerprint density at radius 1 is 0.698 bits per heavy atom. The lowest BCUT2D eigenvalue weighted by atomic mass is 9.89. The Hall–Kier alpha value is -5.57. The molecule has 0 unspecified atom stereocenters. The highest BCUT2D eigenvalue weighted by atomic mass is 16.5. The fourth-order valence-electron chi connectivity index (χ4n) is 7.56. The summed E-state index contributed by atoms with van der Waals surface area (Å²) in [5.74, 6) is -0.312. The Bertz CT molecular complexity index is 2340. The molecule has 1 aromatic heterocycles. The average Bonchev–Trinajstić information content (AvgIpc) is 3.82. The Morgan fingerprint density at radius 3 is 1.79 bits per heavy atom. The molecular weight excluding hydrogens is 665 g/mol. The third-order valence-electron chi connectivity index (χ3n) is 10.8. The van der Waals surface area contributed by atoms with Crippen LogP contribution in [0.3, 0.4) is 0 Å². The predicted octanol–water partition coefficient (Wildman–Crippen LogP) is 7.63. The molecule has 0 radical (unpaired) electrons. The molecule has 2 aromatic rings. The van der Waals surface area contributed by atoms with E-state index in [0.29, 0.717) is 12.8 Å². The number of methoxy groups -OCH3 is 2. The molecule has 0 saturated carbocycles. The van der Waals surface area contributed by atoms with Gasteiger partial charge in [-0.15, -0.1) is 0 Å². The van der Waals surface area contributed by atoms with Crippen molar-refractivity contribution in [2.75, 3.05) is 14.2 Å². The van der Waals surface area contributed by atoms with E-state index in [-0.39, 0.29) is 30.5 Å². The van der Waals surface area contributed by atoms with Gasteiger partial charge in [0.25, 0.3) is 0 Å². The monoisotopic (exact) mass is 712 g/mol. The molecule has 0 amide bonds. The van der Waals surface area contributed by atoms with Crippen molar-refractivity contribution in [3.05, 3.63) is 114 Å². The summed E-state index contributed by atoms with van der Waals surface area (Å²) in [5.41, 5.74) is 16.0. The number of nitrogens with one attached hydrogen (secondary N) is 1. The normalized spacial score (nSPS) is 16.7. The van der Waals surface area contributed by atoms with E-state index in [1.54, 1.807) is 6.92 Å². The van der Waals surface area contributed by atoms with Crippen molar-refractivity contribution >= 4 is 52.6 Å². The molecule has 5 heterocycles. The summed E-state index contributed by atoms with van der Waals surface area (Å²) in [4.78, 5) is 44.3. The van der Waals surface area contributed by atoms with Crippen LogP contribution >= 0.6 is 0 Å². The van der Waals surface area contributed by atoms with E-state index in [1.165, 1.54) is 14.2 Å². The zero-order valence-electron chi connectivity index (χ0n) is 32.2. The highest BCUT2D eigenvalue weighted by Crippen LogP contribution is 2.39. The van der Waals surface area contributed by atoms with Crippen molar-refractivity contribution in [1.29, 1.82) is 0 Å². The average molecular weight is 713 g/mol. The van der Waals surface area contributed by atoms with Gasteiger partial charge in [-0.3, -0.25) is 9.59 Å². The molecule has 2 N–H and O–H groups in total. The molecule has 274 valence electrons. The number of nitrogens with zero attached hydrogens (tertiary/aromatic N) is 3. The first kappa shape index (κ1) is 37.2. The number of rotatable bonds is 8. The first-order valence-electron chi connectivity index (χ1n) is 18.3. The summed E-state index contributed by atoms with van der Waals surface area (Å²) in [5, 5.41) is 12.0. The number of esters is 2. The third kappa shape index (κ3) is 7.00. The smallest absolute Gasteiger partial charge is 0.305 e. The number of aromatic amines is 1. The zero-order chi connectivity index (χ0) is 38.1. The zero-order valence-corrected chi connectivity index (χ0v) is 32.2. The van der Waals surface area contributed by atoms with Crippen LogP contribution in [-0.2, 0) is 25.5 Å². The summed E-state index contributed by atoms with van der Waals surface area (Å²) in [6, 6.07) is 7.95. The quantitative estimate of drug-likeness (QED) is 0.272. The first-order valence-corrected chi connectivity index (χ1v) is 18.3. The Kier molecular flexibility index (Phi) is 10.7. The summed E-state index contributed by atoms with van der Waals surface area (Å²) in [7, 11) is 2.81. The number of aromatic nitrogens is 1. The highest BCUT2D eigenvalue weighted by Gasteiger charge is 2.32. The number of aliphatic hydroxyl groups is 1. The second-order valence-electron chi connectivity index (χ2n) is 13.8. The molecule has 1 aromatic carbocycles. The molecule has 0 aliphatic carbocycles. The molecule has 0 fully saturated rings. The Labute approximate surface area is 311 Å². The van der Waals surface area contributed by atoms with Crippen molar-refractivity contribution in [1.82, 2.24) is 4.98 Å². The van der Waals surface area contributed by atoms with E-state index in [4.69, 9.17) is 24.5 Å². The van der Waals surface area contributed by atoms with Gasteiger partial charge in [0, 0.05) is 35.0 Å². The molecular formula is C44H48N4O5. The minimum atomic E-state index is -0.288. The van der Waals surface area contributed by atoms with Crippen molar-refractivity contribution in [2.45, 2.75) is 87.0 Å². The Morgan fingerprint density at radius 2 is 1.25 bits per heavy atom. The molecule has 53 heavy (non-hydrogen) atoms. The highest BCUT2D eigenvalue weighted by molar-refractivity contribution is 6.53. The van der Waals surface area contributed by atoms with Gasteiger partial charge in [-0.2, -0.15) is 0 Å². The molecule has 0 saturated heterocycles. The largest absolute Gasteiger partial charge is 0.512 e. The minimum Gasteiger partial charge on any atom is -0.512 e. The number of benzene rings is 1. The van der Waals surface area contributed by atoms with Gasteiger partial charge in [-0.1, -0.05) is 38.1 Å². The number of ether oxygens (including phenoxy) is 2. The fourth-order valence-corrected chi connectivity index (χ4v) is 7.56. The van der Waals surface area contributed by atoms with Gasteiger partial charge < -0.3 is 19.6 Å². The lowest BCUT2D eigenvalue weighted by Gasteiger charge is -2.14. The number of allylic oxidation sites excluding steroid dienone is 7. The molecule has 9 heteroatoms. The van der Waals surface area contributed by atoms with E-state index in [1.807, 2.05) is 37.3 Å². The predicted molar refractivity (Wildman–Crippen MR) is 213 cm³/mol. The van der Waals surface area contributed by atoms with E-state index in [2.05, 4.69) is 51.8 Å². The van der Waals surface area contributed by atoms with Gasteiger partial charge in [-0.05, 0) is 128 Å². The van der Waals surface area contributed by atoms with E-state index >= 15 is 0 Å². The van der Waals surface area contributed by atoms with Gasteiger partial charge in [-0.25, -0.2) is 15.0 Å². The maximum absolute atomic E-state index is 12.4. The van der Waals surface area contributed by atoms with E-state index < -0.39 is 0 Å². The molecule has 4 aliphatic rings. The number of hydrogen-bond donors (Lipinski definition) is 2. The van der Waals surface area contributed by atoms with Crippen LogP contribution in [-0.4, -0.2) is 53.4 Å². The van der Waals surface area contributed by atoms with E-state index in [0.717, 1.165) is 119 Å². The molecule has 8 bridgehead atoms. The maximum atomic E-state index is 12.4. The number of carbonyl (C=O) groups excluding carboxylic acids is 2. The van der Waals surface area contributed by atoms with Crippen molar-refractivity contribution in [3.63, 3.8) is 0 Å². The summed E-state index contributed by atoms with van der Waals surface area (Å²) < 4.78 is 10.0. The van der Waals surface area contributed by atoms with Crippen LogP contribution in [0.15, 0.2) is 95.8 Å². The van der Waals surface area contributed by atoms with Crippen LogP contribution in [0.2, 0.25) is 0 Å². The number of carbonyl (C=O) groups is 2. The van der Waals surface area contributed by atoms with Gasteiger partial charge >= 0.3 is 11.9 Å². The third-order valence-corrected chi connectivity index (χ3v) is 10.8. The summed E-state index contributed by atoms with van der Waals surface area (Å²) in [6.45, 7) is 14.3. The number of aliphatic imine (C=N–C) groups is 3. The first-order chi connectivity index (χ1) is 25.4. The van der Waals surface area contributed by atoms with Gasteiger partial charge in [0.1, 0.15) is 0 Å².